The first-order valence-electron chi connectivity index (χ1n) is 7.54. The van der Waals surface area contributed by atoms with Crippen LogP contribution in [0.1, 0.15) is 43.6 Å². The Morgan fingerprint density at radius 1 is 1.23 bits per heavy atom. The molecule has 2 heterocycles. The average molecular weight is 301 g/mol. The van der Waals surface area contributed by atoms with Gasteiger partial charge in [0.05, 0.1) is 5.69 Å². The first-order chi connectivity index (χ1) is 10.4. The summed E-state index contributed by atoms with van der Waals surface area (Å²) in [4.78, 5) is 0. The Labute approximate surface area is 131 Å². The highest BCUT2D eigenvalue weighted by Gasteiger charge is 2.24. The predicted molar refractivity (Wildman–Crippen MR) is 85.4 cm³/mol. The molecule has 0 saturated carbocycles. The van der Waals surface area contributed by atoms with Crippen LogP contribution in [0.5, 0.6) is 11.5 Å². The Balaban J connectivity index is 1.99. The minimum absolute atomic E-state index is 0.0179. The first-order valence-corrected chi connectivity index (χ1v) is 7.54. The summed E-state index contributed by atoms with van der Waals surface area (Å²) in [5.74, 6) is 1.66. The first kappa shape index (κ1) is 14.9. The Hall–Kier alpha value is -2.01. The zero-order valence-corrected chi connectivity index (χ0v) is 13.6. The number of aryl methyl sites for hydroxylation is 1. The molecule has 1 aliphatic heterocycles. The lowest BCUT2D eigenvalue weighted by Crippen LogP contribution is -2.17. The molecule has 5 nitrogen and oxygen atoms in total. The summed E-state index contributed by atoms with van der Waals surface area (Å²) in [6, 6.07) is 8.17. The molecule has 22 heavy (non-hydrogen) atoms. The molecular weight excluding hydrogens is 278 g/mol. The van der Waals surface area contributed by atoms with Gasteiger partial charge in [0, 0.05) is 30.6 Å². The molecular formula is C17H23N3O2. The van der Waals surface area contributed by atoms with E-state index in [0.29, 0.717) is 6.54 Å². The highest BCUT2D eigenvalue weighted by Crippen LogP contribution is 2.36. The van der Waals surface area contributed by atoms with Crippen LogP contribution in [0.2, 0.25) is 0 Å². The van der Waals surface area contributed by atoms with Crippen LogP contribution in [0, 0.1) is 0 Å². The smallest absolute Gasteiger partial charge is 0.231 e. The lowest BCUT2D eigenvalue weighted by molar-refractivity contribution is 0.174. The van der Waals surface area contributed by atoms with Gasteiger partial charge < -0.3 is 15.2 Å². The molecule has 1 atom stereocenters. The maximum atomic E-state index is 6.06. The van der Waals surface area contributed by atoms with Crippen LogP contribution < -0.4 is 15.2 Å². The molecule has 0 radical (unpaired) electrons. The van der Waals surface area contributed by atoms with E-state index in [0.717, 1.165) is 28.5 Å². The molecule has 2 aromatic rings. The van der Waals surface area contributed by atoms with E-state index in [2.05, 4.69) is 38.0 Å². The fourth-order valence-corrected chi connectivity index (χ4v) is 2.73. The molecule has 5 heteroatoms. The van der Waals surface area contributed by atoms with Crippen LogP contribution in [-0.2, 0) is 12.5 Å². The summed E-state index contributed by atoms with van der Waals surface area (Å²) in [5.41, 5.74) is 9.38. The number of hydrogen-bond acceptors (Lipinski definition) is 4. The Morgan fingerprint density at radius 3 is 2.59 bits per heavy atom. The van der Waals surface area contributed by atoms with Crippen molar-refractivity contribution in [1.29, 1.82) is 0 Å². The fourth-order valence-electron chi connectivity index (χ4n) is 2.73. The quantitative estimate of drug-likeness (QED) is 0.946. The number of aromatic nitrogens is 2. The van der Waals surface area contributed by atoms with Gasteiger partial charge >= 0.3 is 0 Å². The SMILES string of the molecule is Cn1nc(C(C)(C)C)cc1C(CN)c1ccc2c(c1)OCO2. The molecule has 1 aliphatic rings. The number of rotatable bonds is 3. The van der Waals surface area contributed by atoms with E-state index in [9.17, 15) is 0 Å². The van der Waals surface area contributed by atoms with Gasteiger partial charge in [-0.15, -0.1) is 0 Å². The van der Waals surface area contributed by atoms with Gasteiger partial charge in [-0.2, -0.15) is 5.10 Å². The van der Waals surface area contributed by atoms with Crippen molar-refractivity contribution in [1.82, 2.24) is 9.78 Å². The molecule has 0 amide bonds. The third-order valence-corrected chi connectivity index (χ3v) is 4.08. The highest BCUT2D eigenvalue weighted by molar-refractivity contribution is 5.47. The molecule has 1 aromatic carbocycles. The van der Waals surface area contributed by atoms with Gasteiger partial charge in [0.15, 0.2) is 11.5 Å². The van der Waals surface area contributed by atoms with E-state index < -0.39 is 0 Å². The van der Waals surface area contributed by atoms with Crippen LogP contribution in [0.25, 0.3) is 0 Å². The van der Waals surface area contributed by atoms with Crippen molar-refractivity contribution in [3.8, 4) is 11.5 Å². The lowest BCUT2D eigenvalue weighted by atomic mass is 9.90. The van der Waals surface area contributed by atoms with Crippen LogP contribution in [-0.4, -0.2) is 23.1 Å². The van der Waals surface area contributed by atoms with Crippen LogP contribution in [0.15, 0.2) is 24.3 Å². The molecule has 0 fully saturated rings. The minimum Gasteiger partial charge on any atom is -0.454 e. The zero-order chi connectivity index (χ0) is 15.9. The lowest BCUT2D eigenvalue weighted by Gasteiger charge is -2.16. The summed E-state index contributed by atoms with van der Waals surface area (Å²) in [7, 11) is 1.97. The van der Waals surface area contributed by atoms with Gasteiger partial charge in [0.1, 0.15) is 0 Å². The minimum atomic E-state index is 0.0179. The van der Waals surface area contributed by atoms with Gasteiger partial charge in [-0.1, -0.05) is 26.8 Å². The molecule has 118 valence electrons. The van der Waals surface area contributed by atoms with Crippen LogP contribution >= 0.6 is 0 Å². The molecule has 0 spiro atoms. The molecule has 0 saturated heterocycles. The second-order valence-corrected chi connectivity index (χ2v) is 6.73. The normalized spacial score (nSPS) is 15.1. The van der Waals surface area contributed by atoms with E-state index >= 15 is 0 Å². The van der Waals surface area contributed by atoms with E-state index in [4.69, 9.17) is 15.2 Å². The Bertz CT molecular complexity index is 686. The standard InChI is InChI=1S/C17H23N3O2/c1-17(2,3)16-8-13(20(4)19-16)12(9-18)11-5-6-14-15(7-11)22-10-21-14/h5-8,12H,9-10,18H2,1-4H3. The summed E-state index contributed by atoms with van der Waals surface area (Å²) >= 11 is 0. The molecule has 1 aromatic heterocycles. The van der Waals surface area contributed by atoms with Crippen molar-refractivity contribution in [3.05, 3.63) is 41.2 Å². The molecule has 3 rings (SSSR count). The second-order valence-electron chi connectivity index (χ2n) is 6.73. The maximum absolute atomic E-state index is 6.06. The van der Waals surface area contributed by atoms with E-state index in [1.54, 1.807) is 0 Å². The Morgan fingerprint density at radius 2 is 1.95 bits per heavy atom. The van der Waals surface area contributed by atoms with E-state index in [1.807, 2.05) is 23.9 Å². The number of hydrogen-bond donors (Lipinski definition) is 1. The van der Waals surface area contributed by atoms with Crippen LogP contribution in [0.4, 0.5) is 0 Å². The van der Waals surface area contributed by atoms with Gasteiger partial charge in [-0.05, 0) is 23.8 Å². The Kier molecular flexibility index (Phi) is 3.60. The number of nitrogens with two attached hydrogens (primary N) is 1. The van der Waals surface area contributed by atoms with Gasteiger partial charge in [0.2, 0.25) is 6.79 Å². The monoisotopic (exact) mass is 301 g/mol. The van der Waals surface area contributed by atoms with Crippen molar-refractivity contribution in [2.24, 2.45) is 12.8 Å². The summed E-state index contributed by atoms with van der Waals surface area (Å²) in [5, 5.41) is 4.65. The van der Waals surface area contributed by atoms with E-state index in [1.165, 1.54) is 0 Å². The van der Waals surface area contributed by atoms with Crippen molar-refractivity contribution in [2.45, 2.75) is 32.1 Å². The number of benzene rings is 1. The van der Waals surface area contributed by atoms with Crippen molar-refractivity contribution >= 4 is 0 Å². The number of ether oxygens (including phenoxy) is 2. The third kappa shape index (κ3) is 2.57. The van der Waals surface area contributed by atoms with Gasteiger partial charge in [-0.3, -0.25) is 4.68 Å². The van der Waals surface area contributed by atoms with E-state index in [-0.39, 0.29) is 18.1 Å². The molecule has 0 bridgehead atoms. The average Bonchev–Trinajstić information content (AvgIpc) is 3.06. The second kappa shape index (κ2) is 5.32. The topological polar surface area (TPSA) is 62.3 Å². The highest BCUT2D eigenvalue weighted by atomic mass is 16.7. The summed E-state index contributed by atoms with van der Waals surface area (Å²) < 4.78 is 12.8. The predicted octanol–water partition coefficient (Wildman–Crippen LogP) is 2.54. The number of fused-ring (bicyclic) bond motifs is 1. The van der Waals surface area contributed by atoms with Gasteiger partial charge in [0.25, 0.3) is 0 Å². The maximum Gasteiger partial charge on any atom is 0.231 e. The van der Waals surface area contributed by atoms with Crippen molar-refractivity contribution < 1.29 is 9.47 Å². The number of nitrogens with zero attached hydrogens (tertiary/aromatic N) is 2. The summed E-state index contributed by atoms with van der Waals surface area (Å²) in [6.45, 7) is 7.29. The van der Waals surface area contributed by atoms with Crippen LogP contribution in [0.3, 0.4) is 0 Å². The third-order valence-electron chi connectivity index (χ3n) is 4.08. The molecule has 2 N–H and O–H groups in total. The van der Waals surface area contributed by atoms with Crippen molar-refractivity contribution in [3.63, 3.8) is 0 Å². The fraction of sp³-hybridized carbons (Fsp3) is 0.471. The zero-order valence-electron chi connectivity index (χ0n) is 13.6. The molecule has 0 aliphatic carbocycles. The summed E-state index contributed by atoms with van der Waals surface area (Å²) in [6.07, 6.45) is 0. The van der Waals surface area contributed by atoms with Gasteiger partial charge in [-0.25, -0.2) is 0 Å². The largest absolute Gasteiger partial charge is 0.454 e. The van der Waals surface area contributed by atoms with Crippen molar-refractivity contribution in [2.75, 3.05) is 13.3 Å². The molecule has 1 unspecified atom stereocenters.